The minimum absolute atomic E-state index is 0.0877. The smallest absolute Gasteiger partial charge is 0.306 e. The molecular weight excluding hydrogens is 997 g/mol. The van der Waals surface area contributed by atoms with Crippen LogP contribution in [0, 0.1) is 0 Å². The number of hydrogen-bond donors (Lipinski definition) is 0. The Morgan fingerprint density at radius 3 is 0.765 bits per heavy atom. The minimum Gasteiger partial charge on any atom is -0.462 e. The summed E-state index contributed by atoms with van der Waals surface area (Å²) < 4.78 is 16.9. The summed E-state index contributed by atoms with van der Waals surface area (Å²) in [4.78, 5) is 38.3. The standard InChI is InChI=1S/C75H126O6/c1-4-7-10-13-16-19-22-25-27-29-30-31-32-33-34-35-36-37-38-39-40-41-42-43-44-46-47-50-53-56-59-62-65-68-74(77)80-71-72(70-79-73(76)67-64-61-58-55-52-49-24-21-18-15-12-9-6-3)81-75(78)69-66-63-60-57-54-51-48-45-28-26-23-20-17-14-11-8-5-2/h7,9-10,12,16,18-19,21,25,27,30-31,33-34,36-37,39-40,49,52,72H,4-6,8,11,13-15,17,20,22-24,26,28-29,32,35,38,41-48,50-51,53-71H2,1-3H3/b10-7-,12-9-,19-16-,21-18-,27-25-,31-30-,34-33-,37-36-,40-39-,52-49-. The third-order valence-corrected chi connectivity index (χ3v) is 14.5. The molecule has 0 saturated heterocycles. The molecule has 0 fully saturated rings. The molecular formula is C75H126O6. The molecule has 6 nitrogen and oxygen atoms in total. The predicted molar refractivity (Wildman–Crippen MR) is 353 cm³/mol. The molecule has 0 aliphatic carbocycles. The summed E-state index contributed by atoms with van der Waals surface area (Å²) in [5, 5.41) is 0. The lowest BCUT2D eigenvalue weighted by molar-refractivity contribution is -0.167. The van der Waals surface area contributed by atoms with E-state index < -0.39 is 6.10 Å². The lowest BCUT2D eigenvalue weighted by atomic mass is 10.0. The number of esters is 3. The molecule has 0 aromatic heterocycles. The number of hydrogen-bond acceptors (Lipinski definition) is 6. The molecule has 462 valence electrons. The molecule has 0 bridgehead atoms. The van der Waals surface area contributed by atoms with Crippen molar-refractivity contribution in [2.75, 3.05) is 13.2 Å². The van der Waals surface area contributed by atoms with Gasteiger partial charge in [-0.2, -0.15) is 0 Å². The fourth-order valence-corrected chi connectivity index (χ4v) is 9.44. The molecule has 81 heavy (non-hydrogen) atoms. The number of unbranched alkanes of at least 4 members (excludes halogenated alkanes) is 30. The van der Waals surface area contributed by atoms with E-state index in [-0.39, 0.29) is 31.1 Å². The van der Waals surface area contributed by atoms with Gasteiger partial charge in [-0.15, -0.1) is 0 Å². The van der Waals surface area contributed by atoms with Crippen LogP contribution in [-0.2, 0) is 28.6 Å². The van der Waals surface area contributed by atoms with Gasteiger partial charge in [-0.1, -0.05) is 309 Å². The number of rotatable bonds is 61. The molecule has 1 atom stereocenters. The van der Waals surface area contributed by atoms with E-state index in [9.17, 15) is 14.4 Å². The maximum atomic E-state index is 12.9. The zero-order valence-electron chi connectivity index (χ0n) is 53.0. The van der Waals surface area contributed by atoms with E-state index in [1.807, 2.05) is 0 Å². The molecule has 0 N–H and O–H groups in total. The van der Waals surface area contributed by atoms with Gasteiger partial charge in [0.2, 0.25) is 0 Å². The summed E-state index contributed by atoms with van der Waals surface area (Å²) in [6.45, 7) is 6.41. The van der Waals surface area contributed by atoms with Crippen LogP contribution in [0.15, 0.2) is 122 Å². The second-order valence-electron chi connectivity index (χ2n) is 22.3. The Kier molecular flexibility index (Phi) is 64.8. The van der Waals surface area contributed by atoms with Crippen molar-refractivity contribution in [2.24, 2.45) is 0 Å². The van der Waals surface area contributed by atoms with Crippen LogP contribution in [0.4, 0.5) is 0 Å². The quantitative estimate of drug-likeness (QED) is 0.0261. The Bertz CT molecular complexity index is 1670. The van der Waals surface area contributed by atoms with Crippen molar-refractivity contribution in [3.63, 3.8) is 0 Å². The zero-order valence-corrected chi connectivity index (χ0v) is 53.0. The molecule has 0 aliphatic rings. The molecule has 0 saturated carbocycles. The first-order valence-corrected chi connectivity index (χ1v) is 34.0. The van der Waals surface area contributed by atoms with Gasteiger partial charge < -0.3 is 14.2 Å². The molecule has 0 aromatic rings. The second-order valence-corrected chi connectivity index (χ2v) is 22.3. The molecule has 0 aliphatic heterocycles. The van der Waals surface area contributed by atoms with Gasteiger partial charge in [-0.3, -0.25) is 14.4 Å². The summed E-state index contributed by atoms with van der Waals surface area (Å²) >= 11 is 0. The maximum absolute atomic E-state index is 12.9. The van der Waals surface area contributed by atoms with Gasteiger partial charge in [0.25, 0.3) is 0 Å². The Hall–Kier alpha value is -4.19. The summed E-state index contributed by atoms with van der Waals surface area (Å²) in [5.41, 5.74) is 0. The van der Waals surface area contributed by atoms with Crippen LogP contribution in [-0.4, -0.2) is 37.2 Å². The molecule has 0 spiro atoms. The monoisotopic (exact) mass is 1120 g/mol. The zero-order chi connectivity index (χ0) is 58.5. The number of carbonyl (C=O) groups is 3. The Balaban J connectivity index is 4.25. The molecule has 0 radical (unpaired) electrons. The summed E-state index contributed by atoms with van der Waals surface area (Å²) in [5.74, 6) is -0.910. The van der Waals surface area contributed by atoms with Crippen molar-refractivity contribution in [3.05, 3.63) is 122 Å². The van der Waals surface area contributed by atoms with E-state index in [4.69, 9.17) is 14.2 Å². The van der Waals surface area contributed by atoms with Crippen molar-refractivity contribution in [2.45, 2.75) is 322 Å². The third kappa shape index (κ3) is 66.5. The van der Waals surface area contributed by atoms with Crippen LogP contribution < -0.4 is 0 Å². The van der Waals surface area contributed by atoms with E-state index in [1.54, 1.807) is 0 Å². The third-order valence-electron chi connectivity index (χ3n) is 14.5. The largest absolute Gasteiger partial charge is 0.462 e. The molecule has 0 aromatic carbocycles. The van der Waals surface area contributed by atoms with Crippen molar-refractivity contribution in [1.29, 1.82) is 0 Å². The molecule has 6 heteroatoms. The van der Waals surface area contributed by atoms with Gasteiger partial charge in [0.15, 0.2) is 6.10 Å². The molecule has 1 unspecified atom stereocenters. The molecule has 0 rings (SSSR count). The van der Waals surface area contributed by atoms with Crippen LogP contribution in [0.25, 0.3) is 0 Å². The molecule has 0 amide bonds. The topological polar surface area (TPSA) is 78.9 Å². The molecule has 0 heterocycles. The van der Waals surface area contributed by atoms with Gasteiger partial charge in [0.05, 0.1) is 0 Å². The van der Waals surface area contributed by atoms with Gasteiger partial charge in [-0.25, -0.2) is 0 Å². The highest BCUT2D eigenvalue weighted by molar-refractivity contribution is 5.71. The van der Waals surface area contributed by atoms with Crippen molar-refractivity contribution in [3.8, 4) is 0 Å². The Morgan fingerprint density at radius 1 is 0.259 bits per heavy atom. The highest BCUT2D eigenvalue weighted by atomic mass is 16.6. The van der Waals surface area contributed by atoms with Crippen LogP contribution in [0.3, 0.4) is 0 Å². The van der Waals surface area contributed by atoms with Crippen molar-refractivity contribution in [1.82, 2.24) is 0 Å². The van der Waals surface area contributed by atoms with Crippen LogP contribution in [0.2, 0.25) is 0 Å². The maximum Gasteiger partial charge on any atom is 0.306 e. The normalized spacial score (nSPS) is 12.9. The highest BCUT2D eigenvalue weighted by Crippen LogP contribution is 2.17. The van der Waals surface area contributed by atoms with Crippen LogP contribution in [0.5, 0.6) is 0 Å². The number of carbonyl (C=O) groups excluding carboxylic acids is 3. The highest BCUT2D eigenvalue weighted by Gasteiger charge is 2.19. The summed E-state index contributed by atoms with van der Waals surface area (Å²) in [6.07, 6.45) is 95.1. The van der Waals surface area contributed by atoms with Gasteiger partial charge in [-0.05, 0) is 109 Å². The average molecular weight is 1120 g/mol. The van der Waals surface area contributed by atoms with Gasteiger partial charge in [0, 0.05) is 19.3 Å². The van der Waals surface area contributed by atoms with Gasteiger partial charge in [0.1, 0.15) is 13.2 Å². The van der Waals surface area contributed by atoms with E-state index in [2.05, 4.69) is 142 Å². The van der Waals surface area contributed by atoms with Gasteiger partial charge >= 0.3 is 17.9 Å². The lowest BCUT2D eigenvalue weighted by Crippen LogP contribution is -2.30. The van der Waals surface area contributed by atoms with E-state index in [0.29, 0.717) is 19.3 Å². The Labute approximate surface area is 501 Å². The first kappa shape index (κ1) is 76.8. The van der Waals surface area contributed by atoms with Crippen LogP contribution >= 0.6 is 0 Å². The minimum atomic E-state index is -0.792. The summed E-state index contributed by atoms with van der Waals surface area (Å²) in [7, 11) is 0. The van der Waals surface area contributed by atoms with Crippen molar-refractivity contribution < 1.29 is 28.6 Å². The first-order valence-electron chi connectivity index (χ1n) is 34.0. The summed E-state index contributed by atoms with van der Waals surface area (Å²) in [6, 6.07) is 0. The predicted octanol–water partition coefficient (Wildman–Crippen LogP) is 23.6. The van der Waals surface area contributed by atoms with E-state index >= 15 is 0 Å². The van der Waals surface area contributed by atoms with Crippen LogP contribution in [0.1, 0.15) is 316 Å². The fourth-order valence-electron chi connectivity index (χ4n) is 9.44. The Morgan fingerprint density at radius 2 is 0.481 bits per heavy atom. The fraction of sp³-hybridized carbons (Fsp3) is 0.693. The number of ether oxygens (including phenoxy) is 3. The van der Waals surface area contributed by atoms with E-state index in [0.717, 1.165) is 128 Å². The second kappa shape index (κ2) is 68.3. The van der Waals surface area contributed by atoms with Crippen molar-refractivity contribution >= 4 is 17.9 Å². The van der Waals surface area contributed by atoms with E-state index in [1.165, 1.54) is 148 Å². The SMILES string of the molecule is CC/C=C\C/C=C\C/C=C\C/C=C\C/C=C\C/C=C\C/C=C\CCCCCCCCCCCCCC(=O)OCC(COC(=O)CCCCC/C=C\C/C=C\C/C=C\CC)OC(=O)CCCCCCCCCCCCCCCCCCC. The lowest BCUT2D eigenvalue weighted by Gasteiger charge is -2.18. The average Bonchev–Trinajstić information content (AvgIpc) is 3.46. The number of allylic oxidation sites excluding steroid dienone is 20. The first-order chi connectivity index (χ1) is 40.0.